The van der Waals surface area contributed by atoms with E-state index in [-0.39, 0.29) is 17.9 Å². The van der Waals surface area contributed by atoms with Crippen molar-refractivity contribution in [2.24, 2.45) is 0 Å². The van der Waals surface area contributed by atoms with Crippen molar-refractivity contribution in [3.8, 4) is 22.4 Å². The average molecular weight is 539 g/mol. The second kappa shape index (κ2) is 10.2. The molecule has 0 amide bonds. The molecule has 0 radical (unpaired) electrons. The van der Waals surface area contributed by atoms with Gasteiger partial charge in [-0.05, 0) is 37.6 Å². The number of sulfone groups is 1. The highest BCUT2D eigenvalue weighted by atomic mass is 35.5. The van der Waals surface area contributed by atoms with Crippen LogP contribution in [0.4, 0.5) is 5.95 Å². The molecule has 1 atom stereocenters. The van der Waals surface area contributed by atoms with E-state index in [4.69, 9.17) is 11.6 Å². The molecule has 1 aromatic carbocycles. The molecule has 2 N–H and O–H groups in total. The van der Waals surface area contributed by atoms with Crippen LogP contribution in [-0.2, 0) is 16.4 Å². The summed E-state index contributed by atoms with van der Waals surface area (Å²) in [7, 11) is -1.53. The number of nitrogens with zero attached hydrogens (tertiary/aromatic N) is 4. The van der Waals surface area contributed by atoms with Gasteiger partial charge in [0.2, 0.25) is 5.95 Å². The number of halogens is 1. The normalized spacial score (nSPS) is 17.1. The van der Waals surface area contributed by atoms with Crippen molar-refractivity contribution in [1.82, 2.24) is 24.8 Å². The van der Waals surface area contributed by atoms with Crippen molar-refractivity contribution >= 4 is 38.4 Å². The van der Waals surface area contributed by atoms with Gasteiger partial charge in [0.05, 0.1) is 16.7 Å². The molecular weight excluding hydrogens is 512 g/mol. The van der Waals surface area contributed by atoms with Crippen LogP contribution < -0.4 is 16.2 Å². The van der Waals surface area contributed by atoms with Crippen molar-refractivity contribution in [2.75, 3.05) is 31.2 Å². The largest absolute Gasteiger partial charge is 0.357 e. The number of hydrogen-bond acceptors (Lipinski definition) is 8. The van der Waals surface area contributed by atoms with E-state index in [0.29, 0.717) is 52.6 Å². The van der Waals surface area contributed by atoms with E-state index in [9.17, 15) is 13.2 Å². The second-order valence-electron chi connectivity index (χ2n) is 9.08. The number of nitrogens with one attached hydrogen (secondary N) is 2. The van der Waals surface area contributed by atoms with E-state index in [2.05, 4.69) is 25.6 Å². The molecule has 0 spiro atoms. The van der Waals surface area contributed by atoms with E-state index in [1.807, 2.05) is 37.3 Å². The number of fused-ring (bicyclic) bond motifs is 1. The van der Waals surface area contributed by atoms with Gasteiger partial charge in [-0.15, -0.1) is 0 Å². The Bertz CT molecular complexity index is 1650. The topological polar surface area (TPSA) is 119 Å². The quantitative estimate of drug-likeness (QED) is 0.384. The summed E-state index contributed by atoms with van der Waals surface area (Å²) in [5.74, 6) is 0.463. The van der Waals surface area contributed by atoms with Crippen LogP contribution in [-0.4, -0.2) is 59.1 Å². The third-order valence-corrected chi connectivity index (χ3v) is 9.12. The molecule has 0 saturated carbocycles. The van der Waals surface area contributed by atoms with Gasteiger partial charge in [-0.3, -0.25) is 14.3 Å². The molecule has 5 rings (SSSR count). The van der Waals surface area contributed by atoms with Gasteiger partial charge in [-0.25, -0.2) is 13.4 Å². The Morgan fingerprint density at radius 2 is 2.00 bits per heavy atom. The Balaban J connectivity index is 1.60. The lowest BCUT2D eigenvalue weighted by Gasteiger charge is -2.24. The van der Waals surface area contributed by atoms with Crippen LogP contribution in [0.15, 0.2) is 53.5 Å². The molecule has 1 fully saturated rings. The molecule has 4 heterocycles. The first-order valence-electron chi connectivity index (χ1n) is 12.0. The number of pyridine rings is 2. The zero-order valence-corrected chi connectivity index (χ0v) is 22.1. The van der Waals surface area contributed by atoms with Gasteiger partial charge >= 0.3 is 0 Å². The number of rotatable bonds is 6. The molecule has 0 bridgehead atoms. The van der Waals surface area contributed by atoms with E-state index in [1.54, 1.807) is 25.4 Å². The summed E-state index contributed by atoms with van der Waals surface area (Å²) in [5, 5.41) is 6.53. The Morgan fingerprint density at radius 1 is 1.16 bits per heavy atom. The van der Waals surface area contributed by atoms with Crippen LogP contribution in [0.1, 0.15) is 12.1 Å². The Kier molecular flexibility index (Phi) is 6.98. The van der Waals surface area contributed by atoms with Gasteiger partial charge in [0.1, 0.15) is 5.65 Å². The first-order valence-corrected chi connectivity index (χ1v) is 14.1. The van der Waals surface area contributed by atoms with E-state index >= 15 is 0 Å². The van der Waals surface area contributed by atoms with Gasteiger partial charge in [0.15, 0.2) is 9.84 Å². The van der Waals surface area contributed by atoms with Gasteiger partial charge < -0.3 is 10.6 Å². The second-order valence-corrected chi connectivity index (χ2v) is 11.9. The summed E-state index contributed by atoms with van der Waals surface area (Å²) in [5.41, 5.74) is 3.64. The van der Waals surface area contributed by atoms with Crippen LogP contribution in [0.25, 0.3) is 33.4 Å². The zero-order chi connectivity index (χ0) is 26.2. The standard InChI is InChI=1S/C26H27ClN6O3S/c1-16-4-3-5-23(31-16)17-6-7-20(22(27)13-17)21-12-18-14-30-26(28-2)32-24(18)33(25(21)34)10-8-19-15-29-9-11-37(19,35)36/h3-7,12-14,19,29H,8-11,15H2,1-2H3,(H,28,30,32). The molecule has 1 aliphatic rings. The number of benzene rings is 1. The summed E-state index contributed by atoms with van der Waals surface area (Å²) in [6, 6.07) is 13.0. The number of anilines is 1. The Hall–Kier alpha value is -3.34. The van der Waals surface area contributed by atoms with Crippen molar-refractivity contribution in [3.63, 3.8) is 0 Å². The Morgan fingerprint density at radius 3 is 2.73 bits per heavy atom. The highest BCUT2D eigenvalue weighted by molar-refractivity contribution is 7.92. The van der Waals surface area contributed by atoms with E-state index in [1.165, 1.54) is 4.57 Å². The van der Waals surface area contributed by atoms with Crippen LogP contribution in [0.2, 0.25) is 5.02 Å². The van der Waals surface area contributed by atoms with Crippen LogP contribution in [0.5, 0.6) is 0 Å². The van der Waals surface area contributed by atoms with Crippen LogP contribution in [0, 0.1) is 6.92 Å². The molecule has 4 aromatic rings. The lowest BCUT2D eigenvalue weighted by molar-refractivity contribution is 0.513. The number of aromatic nitrogens is 4. The van der Waals surface area contributed by atoms with Crippen molar-refractivity contribution in [3.05, 3.63) is 69.7 Å². The van der Waals surface area contributed by atoms with Crippen LogP contribution >= 0.6 is 11.6 Å². The minimum absolute atomic E-state index is 0.0944. The molecule has 9 nitrogen and oxygen atoms in total. The van der Waals surface area contributed by atoms with Crippen LogP contribution in [0.3, 0.4) is 0 Å². The molecule has 37 heavy (non-hydrogen) atoms. The maximum absolute atomic E-state index is 13.8. The van der Waals surface area contributed by atoms with Gasteiger partial charge in [-0.2, -0.15) is 4.98 Å². The third-order valence-electron chi connectivity index (χ3n) is 6.61. The summed E-state index contributed by atoms with van der Waals surface area (Å²) >= 11 is 6.71. The molecule has 1 unspecified atom stereocenters. The van der Waals surface area contributed by atoms with Crippen molar-refractivity contribution in [2.45, 2.75) is 25.1 Å². The first kappa shape index (κ1) is 25.3. The smallest absolute Gasteiger partial charge is 0.260 e. The predicted octanol–water partition coefficient (Wildman–Crippen LogP) is 3.30. The number of hydrogen-bond donors (Lipinski definition) is 2. The molecule has 3 aromatic heterocycles. The molecular formula is C26H27ClN6O3S. The maximum atomic E-state index is 13.8. The maximum Gasteiger partial charge on any atom is 0.260 e. The molecule has 11 heteroatoms. The fourth-order valence-corrected chi connectivity index (χ4v) is 6.48. The van der Waals surface area contributed by atoms with E-state index in [0.717, 1.165) is 17.0 Å². The molecule has 192 valence electrons. The minimum atomic E-state index is -3.23. The monoisotopic (exact) mass is 538 g/mol. The number of aryl methyl sites for hydroxylation is 2. The predicted molar refractivity (Wildman–Crippen MR) is 147 cm³/mol. The molecule has 0 aliphatic carbocycles. The third kappa shape index (κ3) is 5.09. The van der Waals surface area contributed by atoms with Gasteiger partial charge in [0.25, 0.3) is 5.56 Å². The fourth-order valence-electron chi connectivity index (χ4n) is 4.60. The average Bonchev–Trinajstić information content (AvgIpc) is 2.88. The minimum Gasteiger partial charge on any atom is -0.357 e. The molecule has 1 saturated heterocycles. The van der Waals surface area contributed by atoms with Gasteiger partial charge in [-0.1, -0.05) is 29.8 Å². The van der Waals surface area contributed by atoms with Crippen molar-refractivity contribution < 1.29 is 8.42 Å². The highest BCUT2D eigenvalue weighted by Crippen LogP contribution is 2.31. The Labute approximate surface area is 219 Å². The lowest BCUT2D eigenvalue weighted by Crippen LogP contribution is -2.44. The fraction of sp³-hybridized carbons (Fsp3) is 0.308. The lowest BCUT2D eigenvalue weighted by atomic mass is 10.0. The van der Waals surface area contributed by atoms with Gasteiger partial charge in [0, 0.05) is 65.7 Å². The van der Waals surface area contributed by atoms with Crippen molar-refractivity contribution in [1.29, 1.82) is 0 Å². The summed E-state index contributed by atoms with van der Waals surface area (Å²) in [4.78, 5) is 27.2. The highest BCUT2D eigenvalue weighted by Gasteiger charge is 2.29. The first-order chi connectivity index (χ1) is 17.8. The summed E-state index contributed by atoms with van der Waals surface area (Å²) in [6.45, 7) is 2.93. The van der Waals surface area contributed by atoms with E-state index < -0.39 is 15.1 Å². The summed E-state index contributed by atoms with van der Waals surface area (Å²) in [6.07, 6.45) is 1.93. The summed E-state index contributed by atoms with van der Waals surface area (Å²) < 4.78 is 26.7. The SMILES string of the molecule is CNc1ncc2cc(-c3ccc(-c4cccc(C)n4)cc3Cl)c(=O)n(CCC3CNCCS3(=O)=O)c2n1. The molecule has 1 aliphatic heterocycles. The zero-order valence-electron chi connectivity index (χ0n) is 20.5.